The van der Waals surface area contributed by atoms with Crippen LogP contribution in [0.25, 0.3) is 0 Å². The third-order valence-corrected chi connectivity index (χ3v) is 5.96. The van der Waals surface area contributed by atoms with Crippen LogP contribution >= 0.6 is 11.8 Å². The Morgan fingerprint density at radius 3 is 1.87 bits per heavy atom. The van der Waals surface area contributed by atoms with Gasteiger partial charge in [-0.2, -0.15) is 0 Å². The fourth-order valence-electron chi connectivity index (χ4n) is 3.40. The molecule has 0 aliphatic carbocycles. The third kappa shape index (κ3) is 16.3. The van der Waals surface area contributed by atoms with Crippen molar-refractivity contribution >= 4 is 28.6 Å². The van der Waals surface area contributed by atoms with Gasteiger partial charge in [0.05, 0.1) is 0 Å². The zero-order valence-corrected chi connectivity index (χ0v) is 19.7. The van der Waals surface area contributed by atoms with Gasteiger partial charge in [0, 0.05) is 24.4 Å². The molecule has 0 unspecified atom stereocenters. The third-order valence-electron chi connectivity index (χ3n) is 5.18. The van der Waals surface area contributed by atoms with Gasteiger partial charge < -0.3 is 10.6 Å². The number of thioether (sulfide) groups is 1. The maximum Gasteiger partial charge on any atom is 0.283 e. The molecule has 0 aromatic heterocycles. The van der Waals surface area contributed by atoms with Gasteiger partial charge in [-0.15, -0.1) is 0 Å². The van der Waals surface area contributed by atoms with Gasteiger partial charge in [0.15, 0.2) is 0 Å². The average molecular weight is 435 g/mol. The van der Waals surface area contributed by atoms with E-state index in [1.807, 2.05) is 30.3 Å². The number of amides is 2. The predicted molar refractivity (Wildman–Crippen MR) is 131 cm³/mol. The molecule has 0 spiro atoms. The molecule has 0 aliphatic heterocycles. The number of nitrogens with one attached hydrogen (secondary N) is 2. The second-order valence-corrected chi connectivity index (χ2v) is 9.04. The molecule has 0 radical (unpaired) electrons. The lowest BCUT2D eigenvalue weighted by Crippen LogP contribution is -2.26. The van der Waals surface area contributed by atoms with E-state index in [1.165, 1.54) is 82.4 Å². The molecule has 0 saturated heterocycles. The van der Waals surface area contributed by atoms with Crippen molar-refractivity contribution in [1.82, 2.24) is 5.32 Å². The molecule has 2 N–H and O–H groups in total. The summed E-state index contributed by atoms with van der Waals surface area (Å²) in [4.78, 5) is 23.7. The molecule has 0 atom stereocenters. The van der Waals surface area contributed by atoms with Crippen LogP contribution in [0.15, 0.2) is 30.3 Å². The quantitative estimate of drug-likeness (QED) is 0.234. The minimum atomic E-state index is -0.0908. The van der Waals surface area contributed by atoms with Gasteiger partial charge >= 0.3 is 0 Å². The van der Waals surface area contributed by atoms with Crippen molar-refractivity contribution in [3.8, 4) is 0 Å². The Kier molecular flexibility index (Phi) is 17.2. The van der Waals surface area contributed by atoms with Crippen LogP contribution in [0, 0.1) is 0 Å². The SMILES string of the molecule is CCCCCCCCCCCCCCCC(=O)NCCSC(=O)Nc1ccccc1. The molecule has 170 valence electrons. The van der Waals surface area contributed by atoms with Crippen molar-refractivity contribution in [3.05, 3.63) is 30.3 Å². The average Bonchev–Trinajstić information content (AvgIpc) is 2.75. The van der Waals surface area contributed by atoms with E-state index in [-0.39, 0.29) is 11.1 Å². The first kappa shape index (κ1) is 26.5. The Labute approximate surface area is 188 Å². The Hall–Kier alpha value is -1.49. The summed E-state index contributed by atoms with van der Waals surface area (Å²) in [5.74, 6) is 0.686. The van der Waals surface area contributed by atoms with E-state index >= 15 is 0 Å². The topological polar surface area (TPSA) is 58.2 Å². The zero-order chi connectivity index (χ0) is 21.7. The lowest BCUT2D eigenvalue weighted by Gasteiger charge is -2.06. The molecular weight excluding hydrogens is 392 g/mol. The summed E-state index contributed by atoms with van der Waals surface area (Å²) >= 11 is 1.20. The second-order valence-electron chi connectivity index (χ2n) is 7.97. The highest BCUT2D eigenvalue weighted by Crippen LogP contribution is 2.13. The van der Waals surface area contributed by atoms with Crippen LogP contribution < -0.4 is 10.6 Å². The number of carbonyl (C=O) groups is 2. The van der Waals surface area contributed by atoms with Gasteiger partial charge in [-0.25, -0.2) is 0 Å². The first-order valence-corrected chi connectivity index (χ1v) is 13.0. The fraction of sp³-hybridized carbons (Fsp3) is 0.680. The molecule has 1 aromatic rings. The van der Waals surface area contributed by atoms with Gasteiger partial charge in [0.25, 0.3) is 5.24 Å². The number of anilines is 1. The Morgan fingerprint density at radius 1 is 0.767 bits per heavy atom. The van der Waals surface area contributed by atoms with Gasteiger partial charge in [0.2, 0.25) is 5.91 Å². The van der Waals surface area contributed by atoms with E-state index in [1.54, 1.807) is 0 Å². The summed E-state index contributed by atoms with van der Waals surface area (Å²) < 4.78 is 0. The number of rotatable bonds is 18. The molecule has 4 nitrogen and oxygen atoms in total. The van der Waals surface area contributed by atoms with E-state index in [0.717, 1.165) is 18.5 Å². The van der Waals surface area contributed by atoms with E-state index in [4.69, 9.17) is 0 Å². The number of carbonyl (C=O) groups excluding carboxylic acids is 2. The molecule has 0 aliphatic rings. The molecule has 1 rings (SSSR count). The molecule has 0 saturated carbocycles. The van der Waals surface area contributed by atoms with Gasteiger partial charge in [0.1, 0.15) is 0 Å². The van der Waals surface area contributed by atoms with Crippen LogP contribution in [0.1, 0.15) is 96.8 Å². The number of hydrogen-bond acceptors (Lipinski definition) is 3. The fourth-order valence-corrected chi connectivity index (χ4v) is 3.98. The lowest BCUT2D eigenvalue weighted by molar-refractivity contribution is -0.121. The maximum atomic E-state index is 11.9. The van der Waals surface area contributed by atoms with Crippen molar-refractivity contribution in [1.29, 1.82) is 0 Å². The highest BCUT2D eigenvalue weighted by atomic mass is 32.2. The molecule has 5 heteroatoms. The second kappa shape index (κ2) is 19.5. The number of hydrogen-bond donors (Lipinski definition) is 2. The lowest BCUT2D eigenvalue weighted by atomic mass is 10.0. The number of para-hydroxylation sites is 1. The summed E-state index contributed by atoms with van der Waals surface area (Å²) in [6.45, 7) is 2.80. The van der Waals surface area contributed by atoms with Crippen molar-refractivity contribution in [3.63, 3.8) is 0 Å². The summed E-state index contributed by atoms with van der Waals surface area (Å²) in [6.07, 6.45) is 17.7. The normalized spacial score (nSPS) is 10.7. The Morgan fingerprint density at radius 2 is 1.30 bits per heavy atom. The first-order valence-electron chi connectivity index (χ1n) is 12.0. The van der Waals surface area contributed by atoms with Crippen LogP contribution in [0.3, 0.4) is 0 Å². The van der Waals surface area contributed by atoms with Crippen LogP contribution in [0.2, 0.25) is 0 Å². The van der Waals surface area contributed by atoms with Crippen molar-refractivity contribution < 1.29 is 9.59 Å². The molecule has 30 heavy (non-hydrogen) atoms. The molecule has 2 amide bonds. The molecular formula is C25H42N2O2S. The minimum absolute atomic E-state index is 0.0908. The molecule has 0 heterocycles. The standard InChI is InChI=1S/C25H42N2O2S/c1-2-3-4-5-6-7-8-9-10-11-12-13-17-20-24(28)26-21-22-30-25(29)27-23-18-15-14-16-19-23/h14-16,18-19H,2-13,17,20-22H2,1H3,(H,26,28)(H,27,29). The van der Waals surface area contributed by atoms with Gasteiger partial charge in [-0.05, 0) is 18.6 Å². The zero-order valence-electron chi connectivity index (χ0n) is 18.9. The Bertz CT molecular complexity index is 551. The van der Waals surface area contributed by atoms with Crippen molar-refractivity contribution in [2.45, 2.75) is 96.8 Å². The van der Waals surface area contributed by atoms with Gasteiger partial charge in [-0.1, -0.05) is 114 Å². The first-order chi connectivity index (χ1) is 14.7. The largest absolute Gasteiger partial charge is 0.355 e. The van der Waals surface area contributed by atoms with E-state index in [9.17, 15) is 9.59 Å². The maximum absolute atomic E-state index is 11.9. The van der Waals surface area contributed by atoms with E-state index < -0.39 is 0 Å². The van der Waals surface area contributed by atoms with E-state index in [2.05, 4.69) is 17.6 Å². The molecule has 1 aromatic carbocycles. The monoisotopic (exact) mass is 434 g/mol. The van der Waals surface area contributed by atoms with Crippen molar-refractivity contribution in [2.75, 3.05) is 17.6 Å². The molecule has 0 bridgehead atoms. The summed E-state index contributed by atoms with van der Waals surface area (Å²) in [5.41, 5.74) is 0.793. The van der Waals surface area contributed by atoms with E-state index in [0.29, 0.717) is 18.7 Å². The summed E-state index contributed by atoms with van der Waals surface area (Å²) in [7, 11) is 0. The summed E-state index contributed by atoms with van der Waals surface area (Å²) in [6, 6.07) is 9.40. The molecule has 0 fully saturated rings. The Balaban J connectivity index is 1.82. The smallest absolute Gasteiger partial charge is 0.283 e. The highest BCUT2D eigenvalue weighted by molar-refractivity contribution is 8.13. The minimum Gasteiger partial charge on any atom is -0.355 e. The highest BCUT2D eigenvalue weighted by Gasteiger charge is 2.04. The number of benzene rings is 1. The van der Waals surface area contributed by atoms with Gasteiger partial charge in [-0.3, -0.25) is 9.59 Å². The summed E-state index contributed by atoms with van der Waals surface area (Å²) in [5, 5.41) is 5.64. The predicted octanol–water partition coefficient (Wildman–Crippen LogP) is 7.55. The van der Waals surface area contributed by atoms with Crippen LogP contribution in [-0.4, -0.2) is 23.4 Å². The van der Waals surface area contributed by atoms with Crippen LogP contribution in [0.5, 0.6) is 0 Å². The van der Waals surface area contributed by atoms with Crippen molar-refractivity contribution in [2.24, 2.45) is 0 Å². The number of unbranched alkanes of at least 4 members (excludes halogenated alkanes) is 12. The van der Waals surface area contributed by atoms with Crippen LogP contribution in [0.4, 0.5) is 10.5 Å². The van der Waals surface area contributed by atoms with Crippen LogP contribution in [-0.2, 0) is 4.79 Å².